The first-order chi connectivity index (χ1) is 12.7. The molecule has 0 saturated carbocycles. The summed E-state index contributed by atoms with van der Waals surface area (Å²) >= 11 is 0. The van der Waals surface area contributed by atoms with Gasteiger partial charge in [0.05, 0.1) is 11.9 Å². The minimum atomic E-state index is -0.266. The van der Waals surface area contributed by atoms with Crippen LogP contribution in [0.3, 0.4) is 0 Å². The zero-order chi connectivity index (χ0) is 17.9. The predicted molar refractivity (Wildman–Crippen MR) is 99.7 cm³/mol. The number of nitrogens with one attached hydrogen (secondary N) is 1. The van der Waals surface area contributed by atoms with Crippen LogP contribution in [0, 0.1) is 6.92 Å². The van der Waals surface area contributed by atoms with Crippen LogP contribution >= 0.6 is 0 Å². The van der Waals surface area contributed by atoms with Gasteiger partial charge in [-0.15, -0.1) is 0 Å². The number of aryl methyl sites for hydroxylation is 1. The Hall–Kier alpha value is -3.22. The average Bonchev–Trinajstić information content (AvgIpc) is 3.33. The lowest BCUT2D eigenvalue weighted by Crippen LogP contribution is -2.22. The standard InChI is InChI=1S/C19H20N6O/c1-14-11-16(23-25(14)15-7-3-2-4-8-15)19(26)22-17-12-20-13-21-18(17)24-9-5-6-10-24/h2-4,7-8,11-13H,5-6,9-10H2,1H3,(H,22,26). The lowest BCUT2D eigenvalue weighted by atomic mass is 10.3. The molecule has 1 saturated heterocycles. The fourth-order valence-electron chi connectivity index (χ4n) is 3.19. The number of carbonyl (C=O) groups excluding carboxylic acids is 1. The van der Waals surface area contributed by atoms with Gasteiger partial charge in [0.1, 0.15) is 12.0 Å². The highest BCUT2D eigenvalue weighted by Gasteiger charge is 2.20. The van der Waals surface area contributed by atoms with Crippen molar-refractivity contribution in [3.63, 3.8) is 0 Å². The van der Waals surface area contributed by atoms with Crippen molar-refractivity contribution in [2.24, 2.45) is 0 Å². The van der Waals surface area contributed by atoms with E-state index in [-0.39, 0.29) is 5.91 Å². The van der Waals surface area contributed by atoms with Crippen LogP contribution in [0.25, 0.3) is 5.69 Å². The lowest BCUT2D eigenvalue weighted by Gasteiger charge is -2.19. The molecule has 1 aromatic carbocycles. The van der Waals surface area contributed by atoms with Gasteiger partial charge in [0.15, 0.2) is 11.5 Å². The monoisotopic (exact) mass is 348 g/mol. The second kappa shape index (κ2) is 6.95. The van der Waals surface area contributed by atoms with E-state index in [4.69, 9.17) is 0 Å². The molecular weight excluding hydrogens is 328 g/mol. The molecule has 0 radical (unpaired) electrons. The molecule has 0 unspecified atom stereocenters. The van der Waals surface area contributed by atoms with E-state index < -0.39 is 0 Å². The van der Waals surface area contributed by atoms with Crippen LogP contribution in [0.2, 0.25) is 0 Å². The summed E-state index contributed by atoms with van der Waals surface area (Å²) in [5.41, 5.74) is 2.80. The largest absolute Gasteiger partial charge is 0.355 e. The molecule has 7 nitrogen and oxygen atoms in total. The number of para-hydroxylation sites is 1. The summed E-state index contributed by atoms with van der Waals surface area (Å²) < 4.78 is 1.76. The molecule has 3 aromatic rings. The summed E-state index contributed by atoms with van der Waals surface area (Å²) in [5.74, 6) is 0.503. The van der Waals surface area contributed by atoms with Crippen LogP contribution < -0.4 is 10.2 Å². The van der Waals surface area contributed by atoms with Gasteiger partial charge in [-0.05, 0) is 38.0 Å². The second-order valence-corrected chi connectivity index (χ2v) is 6.33. The maximum atomic E-state index is 12.7. The number of aromatic nitrogens is 4. The van der Waals surface area contributed by atoms with Gasteiger partial charge < -0.3 is 10.2 Å². The van der Waals surface area contributed by atoms with Crippen molar-refractivity contribution in [3.8, 4) is 5.69 Å². The van der Waals surface area contributed by atoms with Crippen molar-refractivity contribution in [1.82, 2.24) is 19.7 Å². The Balaban J connectivity index is 1.58. The number of amides is 1. The van der Waals surface area contributed by atoms with E-state index in [0.717, 1.165) is 43.1 Å². The molecule has 0 atom stereocenters. The van der Waals surface area contributed by atoms with Gasteiger partial charge in [-0.3, -0.25) is 4.79 Å². The number of carbonyl (C=O) groups is 1. The Morgan fingerprint density at radius 2 is 1.92 bits per heavy atom. The molecule has 1 aliphatic heterocycles. The minimum Gasteiger partial charge on any atom is -0.355 e. The third-order valence-electron chi connectivity index (χ3n) is 4.47. The minimum absolute atomic E-state index is 0.266. The van der Waals surface area contributed by atoms with Gasteiger partial charge in [-0.1, -0.05) is 18.2 Å². The first kappa shape index (κ1) is 16.3. The second-order valence-electron chi connectivity index (χ2n) is 6.33. The third kappa shape index (κ3) is 3.15. The van der Waals surface area contributed by atoms with Gasteiger partial charge in [0.25, 0.3) is 5.91 Å². The highest BCUT2D eigenvalue weighted by Crippen LogP contribution is 2.25. The molecule has 1 N–H and O–H groups in total. The smallest absolute Gasteiger partial charge is 0.276 e. The quantitative estimate of drug-likeness (QED) is 0.785. The molecule has 1 aliphatic rings. The molecule has 1 fully saturated rings. The van der Waals surface area contributed by atoms with Crippen molar-refractivity contribution in [3.05, 3.63) is 60.3 Å². The van der Waals surface area contributed by atoms with Crippen LogP contribution in [-0.2, 0) is 0 Å². The molecule has 2 aromatic heterocycles. The van der Waals surface area contributed by atoms with Gasteiger partial charge in [0, 0.05) is 18.8 Å². The van der Waals surface area contributed by atoms with Crippen molar-refractivity contribution in [2.75, 3.05) is 23.3 Å². The zero-order valence-electron chi connectivity index (χ0n) is 14.6. The van der Waals surface area contributed by atoms with Crippen molar-refractivity contribution >= 4 is 17.4 Å². The van der Waals surface area contributed by atoms with E-state index in [1.807, 2.05) is 37.3 Å². The van der Waals surface area contributed by atoms with E-state index in [9.17, 15) is 4.79 Å². The molecule has 132 valence electrons. The fourth-order valence-corrected chi connectivity index (χ4v) is 3.19. The van der Waals surface area contributed by atoms with Gasteiger partial charge in [-0.25, -0.2) is 14.6 Å². The van der Waals surface area contributed by atoms with Crippen molar-refractivity contribution in [2.45, 2.75) is 19.8 Å². The van der Waals surface area contributed by atoms with E-state index >= 15 is 0 Å². The summed E-state index contributed by atoms with van der Waals surface area (Å²) in [7, 11) is 0. The number of hydrogen-bond acceptors (Lipinski definition) is 5. The Bertz CT molecular complexity index is 915. The van der Waals surface area contributed by atoms with Crippen LogP contribution in [0.1, 0.15) is 29.0 Å². The first-order valence-electron chi connectivity index (χ1n) is 8.71. The summed E-state index contributed by atoms with van der Waals surface area (Å²) in [6.07, 6.45) is 5.42. The van der Waals surface area contributed by atoms with Crippen LogP contribution in [0.5, 0.6) is 0 Å². The van der Waals surface area contributed by atoms with E-state index in [1.54, 1.807) is 16.9 Å². The summed E-state index contributed by atoms with van der Waals surface area (Å²) in [6, 6.07) is 11.5. The molecule has 0 aliphatic carbocycles. The highest BCUT2D eigenvalue weighted by molar-refractivity contribution is 6.04. The number of anilines is 2. The predicted octanol–water partition coefficient (Wildman–Crippen LogP) is 2.82. The molecule has 7 heteroatoms. The Labute approximate surface area is 151 Å². The zero-order valence-corrected chi connectivity index (χ0v) is 14.6. The van der Waals surface area contributed by atoms with Crippen LogP contribution in [-0.4, -0.2) is 38.7 Å². The Morgan fingerprint density at radius 1 is 1.15 bits per heavy atom. The number of benzene rings is 1. The topological polar surface area (TPSA) is 75.9 Å². The number of hydrogen-bond donors (Lipinski definition) is 1. The SMILES string of the molecule is Cc1cc(C(=O)Nc2cncnc2N2CCCC2)nn1-c1ccccc1. The van der Waals surface area contributed by atoms with Crippen LogP contribution in [0.15, 0.2) is 48.9 Å². The Morgan fingerprint density at radius 3 is 2.69 bits per heavy atom. The molecule has 3 heterocycles. The summed E-state index contributed by atoms with van der Waals surface area (Å²) in [5, 5.41) is 7.37. The average molecular weight is 348 g/mol. The molecule has 0 bridgehead atoms. The van der Waals surface area contributed by atoms with Gasteiger partial charge >= 0.3 is 0 Å². The highest BCUT2D eigenvalue weighted by atomic mass is 16.2. The van der Waals surface area contributed by atoms with Crippen molar-refractivity contribution in [1.29, 1.82) is 0 Å². The van der Waals surface area contributed by atoms with E-state index in [1.165, 1.54) is 6.33 Å². The van der Waals surface area contributed by atoms with E-state index in [2.05, 4.69) is 25.3 Å². The Kier molecular flexibility index (Phi) is 4.35. The molecule has 1 amide bonds. The summed E-state index contributed by atoms with van der Waals surface area (Å²) in [6.45, 7) is 3.82. The third-order valence-corrected chi connectivity index (χ3v) is 4.47. The summed E-state index contributed by atoms with van der Waals surface area (Å²) in [4.78, 5) is 23.3. The fraction of sp³-hybridized carbons (Fsp3) is 0.263. The van der Waals surface area contributed by atoms with Gasteiger partial charge in [0.2, 0.25) is 0 Å². The molecule has 26 heavy (non-hydrogen) atoms. The molecule has 0 spiro atoms. The maximum absolute atomic E-state index is 12.7. The van der Waals surface area contributed by atoms with E-state index in [0.29, 0.717) is 11.4 Å². The first-order valence-corrected chi connectivity index (χ1v) is 8.71. The normalized spacial score (nSPS) is 13.8. The van der Waals surface area contributed by atoms with Crippen molar-refractivity contribution < 1.29 is 4.79 Å². The number of nitrogens with zero attached hydrogens (tertiary/aromatic N) is 5. The number of rotatable bonds is 4. The maximum Gasteiger partial charge on any atom is 0.276 e. The molecular formula is C19H20N6O. The van der Waals surface area contributed by atoms with Crippen LogP contribution in [0.4, 0.5) is 11.5 Å². The van der Waals surface area contributed by atoms with Gasteiger partial charge in [-0.2, -0.15) is 5.10 Å². The molecule has 4 rings (SSSR count). The lowest BCUT2D eigenvalue weighted by molar-refractivity contribution is 0.102.